The molecule has 1 aliphatic heterocycles. The second-order valence-electron chi connectivity index (χ2n) is 7.41. The van der Waals surface area contributed by atoms with Crippen molar-refractivity contribution in [1.82, 2.24) is 9.88 Å². The van der Waals surface area contributed by atoms with Gasteiger partial charge < -0.3 is 10.6 Å². The Hall–Kier alpha value is -2.69. The highest BCUT2D eigenvalue weighted by Crippen LogP contribution is 2.23. The number of hydrogen-bond donors (Lipinski definition) is 1. The number of nitrogens with zero attached hydrogens (tertiary/aromatic N) is 2. The second kappa shape index (κ2) is 8.80. The van der Waals surface area contributed by atoms with Gasteiger partial charge in [-0.15, -0.1) is 0 Å². The Bertz CT molecular complexity index is 776. The highest BCUT2D eigenvalue weighted by molar-refractivity contribution is 5.94. The van der Waals surface area contributed by atoms with Crippen molar-refractivity contribution in [3.8, 4) is 0 Å². The number of carbonyl (C=O) groups is 2. The molecule has 2 N–H and O–H groups in total. The number of hydrogen-bond acceptors (Lipinski definition) is 3. The van der Waals surface area contributed by atoms with E-state index in [9.17, 15) is 9.59 Å². The first-order valence-corrected chi connectivity index (χ1v) is 9.59. The number of primary amides is 1. The Kier molecular flexibility index (Phi) is 6.22. The zero-order chi connectivity index (χ0) is 19.2. The summed E-state index contributed by atoms with van der Waals surface area (Å²) in [5, 5.41) is 0. The van der Waals surface area contributed by atoms with Gasteiger partial charge in [-0.2, -0.15) is 0 Å². The molecule has 27 heavy (non-hydrogen) atoms. The van der Waals surface area contributed by atoms with Crippen molar-refractivity contribution in [2.45, 2.75) is 39.0 Å². The molecule has 2 heterocycles. The fourth-order valence-electron chi connectivity index (χ4n) is 3.56. The molecule has 3 rings (SSSR count). The fourth-order valence-corrected chi connectivity index (χ4v) is 3.56. The van der Waals surface area contributed by atoms with E-state index in [-0.39, 0.29) is 11.8 Å². The van der Waals surface area contributed by atoms with Crippen LogP contribution in [0.1, 0.15) is 46.4 Å². The van der Waals surface area contributed by atoms with Crippen LogP contribution in [0.3, 0.4) is 0 Å². The fraction of sp³-hybridized carbons (Fsp3) is 0.409. The summed E-state index contributed by atoms with van der Waals surface area (Å²) in [6.07, 6.45) is 5.84. The van der Waals surface area contributed by atoms with E-state index in [0.29, 0.717) is 24.3 Å². The maximum atomic E-state index is 12.6. The summed E-state index contributed by atoms with van der Waals surface area (Å²) in [5.41, 5.74) is 9.25. The number of nitrogens with two attached hydrogens (primary N) is 1. The summed E-state index contributed by atoms with van der Waals surface area (Å²) < 4.78 is 0. The molecule has 1 aromatic carbocycles. The first-order chi connectivity index (χ1) is 13.0. The minimum Gasteiger partial charge on any atom is -0.370 e. The zero-order valence-corrected chi connectivity index (χ0v) is 15.9. The topological polar surface area (TPSA) is 76.3 Å². The third-order valence-electron chi connectivity index (χ3n) is 5.27. The van der Waals surface area contributed by atoms with Crippen LogP contribution in [-0.2, 0) is 17.6 Å². The Morgan fingerprint density at radius 2 is 1.74 bits per heavy atom. The van der Waals surface area contributed by atoms with Crippen molar-refractivity contribution in [3.05, 3.63) is 65.0 Å². The van der Waals surface area contributed by atoms with Crippen LogP contribution in [0.25, 0.3) is 0 Å². The lowest BCUT2D eigenvalue weighted by molar-refractivity contribution is -0.117. The molecule has 2 amide bonds. The average Bonchev–Trinajstić information content (AvgIpc) is 2.68. The molecule has 0 unspecified atom stereocenters. The van der Waals surface area contributed by atoms with Gasteiger partial charge in [0.2, 0.25) is 5.91 Å². The molecule has 5 nitrogen and oxygen atoms in total. The van der Waals surface area contributed by atoms with Crippen molar-refractivity contribution in [2.24, 2.45) is 11.7 Å². The number of amides is 2. The predicted molar refractivity (Wildman–Crippen MR) is 105 cm³/mol. The van der Waals surface area contributed by atoms with E-state index in [4.69, 9.17) is 5.73 Å². The van der Waals surface area contributed by atoms with Crippen molar-refractivity contribution in [3.63, 3.8) is 0 Å². The molecule has 0 saturated carbocycles. The average molecular weight is 365 g/mol. The van der Waals surface area contributed by atoms with Crippen LogP contribution in [0.15, 0.2) is 42.6 Å². The van der Waals surface area contributed by atoms with Crippen molar-refractivity contribution in [1.29, 1.82) is 0 Å². The molecule has 0 aliphatic carbocycles. The molecule has 0 atom stereocenters. The van der Waals surface area contributed by atoms with Crippen LogP contribution >= 0.6 is 0 Å². The van der Waals surface area contributed by atoms with Crippen LogP contribution in [-0.4, -0.2) is 34.8 Å². The normalized spacial score (nSPS) is 14.9. The van der Waals surface area contributed by atoms with Crippen LogP contribution in [0.4, 0.5) is 0 Å². The van der Waals surface area contributed by atoms with Crippen LogP contribution in [0, 0.1) is 12.8 Å². The molecule has 0 spiro atoms. The first kappa shape index (κ1) is 19.1. The molecule has 1 fully saturated rings. The zero-order valence-electron chi connectivity index (χ0n) is 15.9. The minimum atomic E-state index is -0.262. The number of aromatic nitrogens is 1. The SMILES string of the molecule is Cc1ccc(C(=O)N2CCC(Cc3ccc(CCC(N)=O)cc3)CC2)cn1. The summed E-state index contributed by atoms with van der Waals surface area (Å²) in [6, 6.07) is 12.2. The lowest BCUT2D eigenvalue weighted by Gasteiger charge is -2.32. The van der Waals surface area contributed by atoms with Gasteiger partial charge >= 0.3 is 0 Å². The van der Waals surface area contributed by atoms with Gasteiger partial charge in [-0.3, -0.25) is 14.6 Å². The van der Waals surface area contributed by atoms with E-state index >= 15 is 0 Å². The maximum Gasteiger partial charge on any atom is 0.255 e. The Balaban J connectivity index is 1.48. The lowest BCUT2D eigenvalue weighted by Crippen LogP contribution is -2.39. The second-order valence-corrected chi connectivity index (χ2v) is 7.41. The number of likely N-dealkylation sites (tertiary alicyclic amines) is 1. The lowest BCUT2D eigenvalue weighted by atomic mass is 9.89. The highest BCUT2D eigenvalue weighted by Gasteiger charge is 2.23. The molecular formula is C22H27N3O2. The van der Waals surface area contributed by atoms with E-state index in [0.717, 1.165) is 43.6 Å². The van der Waals surface area contributed by atoms with Gasteiger partial charge in [0.1, 0.15) is 0 Å². The van der Waals surface area contributed by atoms with E-state index in [1.807, 2.05) is 24.0 Å². The number of carbonyl (C=O) groups excluding carboxylic acids is 2. The summed E-state index contributed by atoms with van der Waals surface area (Å²) in [4.78, 5) is 29.6. The van der Waals surface area contributed by atoms with Crippen molar-refractivity contribution < 1.29 is 9.59 Å². The molecule has 1 aliphatic rings. The Morgan fingerprint density at radius 1 is 1.07 bits per heavy atom. The van der Waals surface area contributed by atoms with E-state index in [2.05, 4.69) is 29.2 Å². The smallest absolute Gasteiger partial charge is 0.255 e. The van der Waals surface area contributed by atoms with E-state index in [1.165, 1.54) is 5.56 Å². The third kappa shape index (κ3) is 5.39. The molecule has 1 aromatic heterocycles. The van der Waals surface area contributed by atoms with Crippen molar-refractivity contribution in [2.75, 3.05) is 13.1 Å². The minimum absolute atomic E-state index is 0.0831. The summed E-state index contributed by atoms with van der Waals surface area (Å²) in [6.45, 7) is 3.52. The molecule has 1 saturated heterocycles. The number of aryl methyl sites for hydroxylation is 2. The number of pyridine rings is 1. The van der Waals surface area contributed by atoms with Crippen LogP contribution < -0.4 is 5.73 Å². The predicted octanol–water partition coefficient (Wildman–Crippen LogP) is 2.90. The number of piperidine rings is 1. The van der Waals surface area contributed by atoms with Gasteiger partial charge in [-0.05, 0) is 61.8 Å². The monoisotopic (exact) mass is 365 g/mol. The third-order valence-corrected chi connectivity index (χ3v) is 5.27. The van der Waals surface area contributed by atoms with Gasteiger partial charge in [0, 0.05) is 31.4 Å². The highest BCUT2D eigenvalue weighted by atomic mass is 16.2. The van der Waals surface area contributed by atoms with E-state index < -0.39 is 0 Å². The summed E-state index contributed by atoms with van der Waals surface area (Å²) >= 11 is 0. The molecular weight excluding hydrogens is 338 g/mol. The number of benzene rings is 1. The van der Waals surface area contributed by atoms with Gasteiger partial charge in [0.15, 0.2) is 0 Å². The number of rotatable bonds is 6. The van der Waals surface area contributed by atoms with Gasteiger partial charge in [0.25, 0.3) is 5.91 Å². The molecule has 5 heteroatoms. The molecule has 0 radical (unpaired) electrons. The van der Waals surface area contributed by atoms with Crippen LogP contribution in [0.2, 0.25) is 0 Å². The van der Waals surface area contributed by atoms with Gasteiger partial charge in [-0.25, -0.2) is 0 Å². The van der Waals surface area contributed by atoms with Crippen LogP contribution in [0.5, 0.6) is 0 Å². The molecule has 142 valence electrons. The molecule has 2 aromatic rings. The summed E-state index contributed by atoms with van der Waals surface area (Å²) in [5.74, 6) is 0.420. The van der Waals surface area contributed by atoms with E-state index in [1.54, 1.807) is 6.20 Å². The molecule has 0 bridgehead atoms. The quantitative estimate of drug-likeness (QED) is 0.855. The Labute approximate surface area is 160 Å². The summed E-state index contributed by atoms with van der Waals surface area (Å²) in [7, 11) is 0. The largest absolute Gasteiger partial charge is 0.370 e. The van der Waals surface area contributed by atoms with Gasteiger partial charge in [0.05, 0.1) is 5.56 Å². The van der Waals surface area contributed by atoms with Gasteiger partial charge in [-0.1, -0.05) is 24.3 Å². The van der Waals surface area contributed by atoms with Crippen molar-refractivity contribution >= 4 is 11.8 Å². The maximum absolute atomic E-state index is 12.6. The Morgan fingerprint density at radius 3 is 2.33 bits per heavy atom. The first-order valence-electron chi connectivity index (χ1n) is 9.59. The standard InChI is InChI=1S/C22H27N3O2/c1-16-2-8-20(15-24-16)22(27)25-12-10-19(11-13-25)14-18-5-3-17(4-6-18)7-9-21(23)26/h2-6,8,15,19H,7,9-14H2,1H3,(H2,23,26).